The van der Waals surface area contributed by atoms with Crippen LogP contribution in [0.1, 0.15) is 37.4 Å². The SMILES string of the molecule is Cc1ccc(Nc2cccc3c2C(=O)c2ccccc2C3=O)c(S(=O)(=O)[O-])c1.[Na+]. The predicted octanol–water partition coefficient (Wildman–Crippen LogP) is 0.422. The fourth-order valence-corrected chi connectivity index (χ4v) is 4.05. The molecule has 3 aromatic rings. The molecule has 1 N–H and O–H groups in total. The Morgan fingerprint density at radius 3 is 2.07 bits per heavy atom. The van der Waals surface area contributed by atoms with Gasteiger partial charge in [0, 0.05) is 16.7 Å². The van der Waals surface area contributed by atoms with Crippen molar-refractivity contribution in [2.75, 3.05) is 5.32 Å². The topological polar surface area (TPSA) is 103 Å². The molecular weight excluding hydrogens is 401 g/mol. The first-order valence-corrected chi connectivity index (χ1v) is 9.83. The first kappa shape index (κ1) is 21.4. The minimum atomic E-state index is -4.73. The van der Waals surface area contributed by atoms with Crippen LogP contribution in [0, 0.1) is 6.92 Å². The van der Waals surface area contributed by atoms with E-state index in [-0.39, 0.29) is 69.2 Å². The molecule has 0 bridgehead atoms. The Hall–Kier alpha value is -2.29. The number of hydrogen-bond acceptors (Lipinski definition) is 6. The minimum Gasteiger partial charge on any atom is -0.744 e. The Labute approximate surface area is 190 Å². The molecule has 0 aliphatic heterocycles. The maximum atomic E-state index is 13.0. The van der Waals surface area contributed by atoms with Gasteiger partial charge in [-0.15, -0.1) is 0 Å². The van der Waals surface area contributed by atoms with Gasteiger partial charge in [-0.1, -0.05) is 42.5 Å². The molecular formula is C21H14NNaO5S. The van der Waals surface area contributed by atoms with E-state index in [0.717, 1.165) is 0 Å². The Morgan fingerprint density at radius 1 is 0.793 bits per heavy atom. The van der Waals surface area contributed by atoms with Crippen molar-refractivity contribution < 1.29 is 52.1 Å². The van der Waals surface area contributed by atoms with Crippen molar-refractivity contribution in [1.82, 2.24) is 0 Å². The standard InChI is InChI=1S/C21H15NO5S.Na/c1-12-9-10-16(18(11-12)28(25,26)27)22-17-8-4-7-15-19(17)21(24)14-6-3-2-5-13(14)20(15)23;/h2-11,22H,1H3,(H,25,26,27);/q;+1/p-1. The maximum Gasteiger partial charge on any atom is 1.00 e. The predicted molar refractivity (Wildman–Crippen MR) is 102 cm³/mol. The van der Waals surface area contributed by atoms with Crippen molar-refractivity contribution in [2.45, 2.75) is 11.8 Å². The summed E-state index contributed by atoms with van der Waals surface area (Å²) in [7, 11) is -4.73. The molecule has 1 aliphatic carbocycles. The number of anilines is 2. The first-order chi connectivity index (χ1) is 13.3. The monoisotopic (exact) mass is 415 g/mol. The number of ketones is 2. The summed E-state index contributed by atoms with van der Waals surface area (Å²) in [4.78, 5) is 25.4. The smallest absolute Gasteiger partial charge is 0.744 e. The number of carbonyl (C=O) groups is 2. The fraction of sp³-hybridized carbons (Fsp3) is 0.0476. The van der Waals surface area contributed by atoms with E-state index < -0.39 is 15.0 Å². The van der Waals surface area contributed by atoms with E-state index in [9.17, 15) is 22.6 Å². The van der Waals surface area contributed by atoms with Gasteiger partial charge in [-0.05, 0) is 30.7 Å². The van der Waals surface area contributed by atoms with E-state index in [0.29, 0.717) is 11.1 Å². The van der Waals surface area contributed by atoms with E-state index >= 15 is 0 Å². The van der Waals surface area contributed by atoms with E-state index in [1.807, 2.05) is 0 Å². The number of nitrogens with one attached hydrogen (secondary N) is 1. The molecule has 8 heteroatoms. The molecule has 29 heavy (non-hydrogen) atoms. The van der Waals surface area contributed by atoms with Crippen molar-refractivity contribution in [1.29, 1.82) is 0 Å². The Morgan fingerprint density at radius 2 is 1.41 bits per heavy atom. The summed E-state index contributed by atoms with van der Waals surface area (Å²) in [5.41, 5.74) is 1.92. The van der Waals surface area contributed by atoms with Crippen molar-refractivity contribution in [3.8, 4) is 0 Å². The first-order valence-electron chi connectivity index (χ1n) is 8.42. The van der Waals surface area contributed by atoms with Crippen molar-refractivity contribution in [3.63, 3.8) is 0 Å². The summed E-state index contributed by atoms with van der Waals surface area (Å²) >= 11 is 0. The van der Waals surface area contributed by atoms with Gasteiger partial charge in [-0.25, -0.2) is 8.42 Å². The number of hydrogen-bond donors (Lipinski definition) is 1. The summed E-state index contributed by atoms with van der Waals surface area (Å²) in [6.07, 6.45) is 0. The van der Waals surface area contributed by atoms with Crippen molar-refractivity contribution in [3.05, 3.63) is 88.5 Å². The zero-order chi connectivity index (χ0) is 20.1. The van der Waals surface area contributed by atoms with Gasteiger partial charge in [-0.2, -0.15) is 0 Å². The van der Waals surface area contributed by atoms with Gasteiger partial charge in [0.1, 0.15) is 10.1 Å². The zero-order valence-electron chi connectivity index (χ0n) is 15.7. The van der Waals surface area contributed by atoms with Gasteiger partial charge in [0.25, 0.3) is 0 Å². The van der Waals surface area contributed by atoms with Crippen LogP contribution in [-0.4, -0.2) is 24.5 Å². The molecule has 0 fully saturated rings. The van der Waals surface area contributed by atoms with Gasteiger partial charge < -0.3 is 9.87 Å². The molecule has 4 rings (SSSR count). The molecule has 140 valence electrons. The molecule has 0 radical (unpaired) electrons. The second-order valence-electron chi connectivity index (χ2n) is 6.51. The minimum absolute atomic E-state index is 0. The van der Waals surface area contributed by atoms with Gasteiger partial charge in [0.05, 0.1) is 21.8 Å². The molecule has 0 saturated heterocycles. The van der Waals surface area contributed by atoms with Crippen LogP contribution in [0.3, 0.4) is 0 Å². The van der Waals surface area contributed by atoms with Crippen molar-refractivity contribution >= 4 is 33.1 Å². The quantitative estimate of drug-likeness (QED) is 0.384. The molecule has 0 heterocycles. The van der Waals surface area contributed by atoms with Crippen LogP contribution in [0.5, 0.6) is 0 Å². The maximum absolute atomic E-state index is 13.0. The second-order valence-corrected chi connectivity index (χ2v) is 7.86. The molecule has 0 amide bonds. The molecule has 6 nitrogen and oxygen atoms in total. The largest absolute Gasteiger partial charge is 1.00 e. The van der Waals surface area contributed by atoms with Gasteiger partial charge in [-0.3, -0.25) is 9.59 Å². The van der Waals surface area contributed by atoms with Crippen LogP contribution in [0.4, 0.5) is 11.4 Å². The van der Waals surface area contributed by atoms with Crippen LogP contribution in [-0.2, 0) is 10.1 Å². The Balaban J connectivity index is 0.00000240. The second kappa shape index (κ2) is 7.85. The number of carbonyl (C=O) groups excluding carboxylic acids is 2. The van der Waals surface area contributed by atoms with E-state index in [4.69, 9.17) is 0 Å². The third kappa shape index (κ3) is 3.80. The van der Waals surface area contributed by atoms with Crippen LogP contribution >= 0.6 is 0 Å². The Kier molecular flexibility index (Phi) is 5.80. The van der Waals surface area contributed by atoms with Crippen LogP contribution in [0.15, 0.2) is 65.6 Å². The molecule has 1 aliphatic rings. The summed E-state index contributed by atoms with van der Waals surface area (Å²) < 4.78 is 34.9. The van der Waals surface area contributed by atoms with E-state index in [2.05, 4.69) is 5.32 Å². The molecule has 0 saturated carbocycles. The number of rotatable bonds is 3. The van der Waals surface area contributed by atoms with Crippen LogP contribution < -0.4 is 34.9 Å². The third-order valence-electron chi connectivity index (χ3n) is 4.63. The van der Waals surface area contributed by atoms with E-state index in [1.54, 1.807) is 55.5 Å². The fourth-order valence-electron chi connectivity index (χ4n) is 3.33. The third-order valence-corrected chi connectivity index (χ3v) is 5.50. The molecule has 0 aromatic heterocycles. The summed E-state index contributed by atoms with van der Waals surface area (Å²) in [5, 5.41) is 2.86. The summed E-state index contributed by atoms with van der Waals surface area (Å²) in [6.45, 7) is 1.67. The summed E-state index contributed by atoms with van der Waals surface area (Å²) in [5.74, 6) is -0.624. The van der Waals surface area contributed by atoms with Crippen LogP contribution in [0.2, 0.25) is 0 Å². The number of aryl methyl sites for hydroxylation is 1. The number of benzene rings is 3. The molecule has 0 unspecified atom stereocenters. The van der Waals surface area contributed by atoms with E-state index in [1.165, 1.54) is 12.1 Å². The summed E-state index contributed by atoms with van der Waals surface area (Å²) in [6, 6.07) is 15.6. The Bertz CT molecular complexity index is 1270. The normalized spacial score (nSPS) is 12.6. The average Bonchev–Trinajstić information content (AvgIpc) is 2.66. The zero-order valence-corrected chi connectivity index (χ0v) is 18.5. The van der Waals surface area contributed by atoms with Crippen molar-refractivity contribution in [2.24, 2.45) is 0 Å². The van der Waals surface area contributed by atoms with Crippen LogP contribution in [0.25, 0.3) is 0 Å². The molecule has 0 atom stereocenters. The van der Waals surface area contributed by atoms with Gasteiger partial charge in [0.2, 0.25) is 0 Å². The van der Waals surface area contributed by atoms with Gasteiger partial charge in [0.15, 0.2) is 11.6 Å². The molecule has 0 spiro atoms. The number of fused-ring (bicyclic) bond motifs is 2. The molecule has 3 aromatic carbocycles. The van der Waals surface area contributed by atoms with Gasteiger partial charge >= 0.3 is 29.6 Å². The average molecular weight is 415 g/mol.